The van der Waals surface area contributed by atoms with E-state index in [-0.39, 0.29) is 23.7 Å². The molecule has 1 unspecified atom stereocenters. The van der Waals surface area contributed by atoms with Gasteiger partial charge in [0.1, 0.15) is 5.60 Å². The van der Waals surface area contributed by atoms with Gasteiger partial charge in [-0.25, -0.2) is 4.79 Å². The topological polar surface area (TPSA) is 114 Å². The van der Waals surface area contributed by atoms with Gasteiger partial charge in [-0.15, -0.1) is 0 Å². The molecule has 1 aromatic rings. The number of amides is 2. The van der Waals surface area contributed by atoms with Crippen molar-refractivity contribution in [1.82, 2.24) is 10.2 Å². The summed E-state index contributed by atoms with van der Waals surface area (Å²) >= 11 is 0. The van der Waals surface area contributed by atoms with Crippen molar-refractivity contribution in [2.75, 3.05) is 18.4 Å². The van der Waals surface area contributed by atoms with E-state index in [0.29, 0.717) is 31.6 Å². The molecule has 0 bridgehead atoms. The van der Waals surface area contributed by atoms with Gasteiger partial charge in [-0.1, -0.05) is 6.07 Å². The van der Waals surface area contributed by atoms with Crippen molar-refractivity contribution in [3.05, 3.63) is 34.4 Å². The van der Waals surface area contributed by atoms with Gasteiger partial charge >= 0.3 is 6.09 Å². The fourth-order valence-electron chi connectivity index (χ4n) is 3.02. The van der Waals surface area contributed by atoms with Gasteiger partial charge in [0.25, 0.3) is 5.69 Å². The lowest BCUT2D eigenvalue weighted by atomic mass is 10.0. The summed E-state index contributed by atoms with van der Waals surface area (Å²) in [7, 11) is 0. The van der Waals surface area contributed by atoms with Crippen molar-refractivity contribution < 1.29 is 19.2 Å². The van der Waals surface area contributed by atoms with Crippen LogP contribution in [-0.4, -0.2) is 52.6 Å². The van der Waals surface area contributed by atoms with E-state index < -0.39 is 16.6 Å². The van der Waals surface area contributed by atoms with Crippen molar-refractivity contribution in [3.63, 3.8) is 0 Å². The number of carbonyl (C=O) groups is 2. The number of non-ortho nitro benzene ring substituents is 1. The summed E-state index contributed by atoms with van der Waals surface area (Å²) in [6.07, 6.45) is 1.00. The molecule has 0 radical (unpaired) electrons. The molecule has 1 atom stereocenters. The maximum absolute atomic E-state index is 12.5. The number of alkyl carbamates (subject to hydrolysis) is 1. The van der Waals surface area contributed by atoms with E-state index in [0.717, 1.165) is 0 Å². The van der Waals surface area contributed by atoms with Crippen LogP contribution in [0.3, 0.4) is 0 Å². The van der Waals surface area contributed by atoms with Gasteiger partial charge in [0.15, 0.2) is 0 Å². The molecular weight excluding hydrogens is 364 g/mol. The minimum absolute atomic E-state index is 0.0122. The van der Waals surface area contributed by atoms with Crippen LogP contribution in [0.15, 0.2) is 24.3 Å². The number of hydrogen-bond donors (Lipinski definition) is 2. The Morgan fingerprint density at radius 3 is 2.50 bits per heavy atom. The quantitative estimate of drug-likeness (QED) is 0.588. The Kier molecular flexibility index (Phi) is 6.95. The first-order valence-electron chi connectivity index (χ1n) is 9.34. The highest BCUT2D eigenvalue weighted by Crippen LogP contribution is 2.19. The Morgan fingerprint density at radius 2 is 1.93 bits per heavy atom. The molecule has 9 heteroatoms. The van der Waals surface area contributed by atoms with Crippen LogP contribution in [0.1, 0.15) is 40.5 Å². The second kappa shape index (κ2) is 9.01. The van der Waals surface area contributed by atoms with Crippen molar-refractivity contribution in [3.8, 4) is 0 Å². The van der Waals surface area contributed by atoms with Crippen LogP contribution in [0.2, 0.25) is 0 Å². The number of nitro groups is 1. The van der Waals surface area contributed by atoms with E-state index in [1.165, 1.54) is 18.2 Å². The molecule has 1 fully saturated rings. The first-order valence-corrected chi connectivity index (χ1v) is 9.34. The van der Waals surface area contributed by atoms with Crippen LogP contribution in [0.5, 0.6) is 0 Å². The summed E-state index contributed by atoms with van der Waals surface area (Å²) in [5, 5.41) is 16.4. The first-order chi connectivity index (χ1) is 13.0. The van der Waals surface area contributed by atoms with Crippen molar-refractivity contribution in [1.29, 1.82) is 0 Å². The van der Waals surface area contributed by atoms with Gasteiger partial charge in [0.2, 0.25) is 5.91 Å². The molecule has 2 amide bonds. The largest absolute Gasteiger partial charge is 0.444 e. The van der Waals surface area contributed by atoms with Crippen LogP contribution >= 0.6 is 0 Å². The zero-order valence-electron chi connectivity index (χ0n) is 16.7. The van der Waals surface area contributed by atoms with Gasteiger partial charge in [0, 0.05) is 37.0 Å². The number of nitrogens with zero attached hydrogens (tertiary/aromatic N) is 2. The molecule has 154 valence electrons. The predicted octanol–water partition coefficient (Wildman–Crippen LogP) is 2.91. The molecular formula is C19H28N4O5. The van der Waals surface area contributed by atoms with Crippen LogP contribution in [-0.2, 0) is 9.53 Å². The lowest BCUT2D eigenvalue weighted by Crippen LogP contribution is -2.51. The number of nitro benzene ring substituents is 1. The van der Waals surface area contributed by atoms with Gasteiger partial charge in [0.05, 0.1) is 11.0 Å². The Bertz CT molecular complexity index is 723. The summed E-state index contributed by atoms with van der Waals surface area (Å²) in [5.41, 5.74) is -0.212. The average molecular weight is 392 g/mol. The van der Waals surface area contributed by atoms with E-state index in [1.807, 2.05) is 25.7 Å². The highest BCUT2D eigenvalue weighted by atomic mass is 16.6. The van der Waals surface area contributed by atoms with Crippen LogP contribution in [0.25, 0.3) is 0 Å². The molecule has 1 aliphatic heterocycles. The molecule has 0 aromatic heterocycles. The van der Waals surface area contributed by atoms with Crippen molar-refractivity contribution >= 4 is 23.4 Å². The fraction of sp³-hybridized carbons (Fsp3) is 0.579. The second-order valence-electron chi connectivity index (χ2n) is 7.93. The molecule has 9 nitrogen and oxygen atoms in total. The molecule has 1 aromatic carbocycles. The summed E-state index contributed by atoms with van der Waals surface area (Å²) in [6, 6.07) is 5.49. The smallest absolute Gasteiger partial charge is 0.407 e. The third-order valence-electron chi connectivity index (χ3n) is 4.50. The molecule has 0 aliphatic carbocycles. The molecule has 0 spiro atoms. The zero-order chi connectivity index (χ0) is 20.9. The Hall–Kier alpha value is -2.68. The SMILES string of the molecule is CC(C(=O)Nc1cccc([N+](=O)[O-])c1)N1CCC(NC(=O)OC(C)(C)C)CC1. The first kappa shape index (κ1) is 21.6. The van der Waals surface area contributed by atoms with E-state index in [4.69, 9.17) is 4.74 Å². The number of piperidine rings is 1. The van der Waals surface area contributed by atoms with Crippen LogP contribution in [0, 0.1) is 10.1 Å². The number of likely N-dealkylation sites (tertiary alicyclic amines) is 1. The van der Waals surface area contributed by atoms with Gasteiger partial charge in [-0.2, -0.15) is 0 Å². The number of rotatable bonds is 5. The third kappa shape index (κ3) is 6.49. The van der Waals surface area contributed by atoms with Crippen molar-refractivity contribution in [2.24, 2.45) is 0 Å². The Balaban J connectivity index is 1.83. The summed E-state index contributed by atoms with van der Waals surface area (Å²) < 4.78 is 5.27. The maximum Gasteiger partial charge on any atom is 0.407 e. The van der Waals surface area contributed by atoms with E-state index in [2.05, 4.69) is 10.6 Å². The molecule has 1 aliphatic rings. The lowest BCUT2D eigenvalue weighted by molar-refractivity contribution is -0.384. The molecule has 28 heavy (non-hydrogen) atoms. The standard InChI is InChI=1S/C19H28N4O5/c1-13(17(24)20-15-6-5-7-16(12-15)23(26)27)22-10-8-14(9-11-22)21-18(25)28-19(2,3)4/h5-7,12-14H,8-11H2,1-4H3,(H,20,24)(H,21,25). The maximum atomic E-state index is 12.5. The third-order valence-corrected chi connectivity index (χ3v) is 4.50. The normalized spacial score (nSPS) is 16.9. The molecule has 2 N–H and O–H groups in total. The predicted molar refractivity (Wildman–Crippen MR) is 105 cm³/mol. The molecule has 2 rings (SSSR count). The van der Waals surface area contributed by atoms with Crippen molar-refractivity contribution in [2.45, 2.75) is 58.2 Å². The fourth-order valence-corrected chi connectivity index (χ4v) is 3.02. The summed E-state index contributed by atoms with van der Waals surface area (Å²) in [5.74, 6) is -0.223. The summed E-state index contributed by atoms with van der Waals surface area (Å²) in [4.78, 5) is 36.7. The number of nitrogens with one attached hydrogen (secondary N) is 2. The molecule has 1 saturated heterocycles. The lowest BCUT2D eigenvalue weighted by Gasteiger charge is -2.35. The second-order valence-corrected chi connectivity index (χ2v) is 7.93. The van der Waals surface area contributed by atoms with E-state index in [9.17, 15) is 19.7 Å². The van der Waals surface area contributed by atoms with E-state index >= 15 is 0 Å². The number of ether oxygens (including phenoxy) is 1. The highest BCUT2D eigenvalue weighted by molar-refractivity contribution is 5.94. The number of anilines is 1. The van der Waals surface area contributed by atoms with Gasteiger partial charge < -0.3 is 15.4 Å². The Labute approximate surface area is 164 Å². The van der Waals surface area contributed by atoms with Gasteiger partial charge in [-0.3, -0.25) is 19.8 Å². The minimum Gasteiger partial charge on any atom is -0.444 e. The number of benzene rings is 1. The monoisotopic (exact) mass is 392 g/mol. The van der Waals surface area contributed by atoms with Crippen LogP contribution in [0.4, 0.5) is 16.2 Å². The number of hydrogen-bond acceptors (Lipinski definition) is 6. The minimum atomic E-state index is -0.538. The van der Waals surface area contributed by atoms with Crippen LogP contribution < -0.4 is 10.6 Å². The highest BCUT2D eigenvalue weighted by Gasteiger charge is 2.28. The number of carbonyl (C=O) groups excluding carboxylic acids is 2. The van der Waals surface area contributed by atoms with Gasteiger partial charge in [-0.05, 0) is 46.6 Å². The average Bonchev–Trinajstić information content (AvgIpc) is 2.60. The Morgan fingerprint density at radius 1 is 1.29 bits per heavy atom. The zero-order valence-corrected chi connectivity index (χ0v) is 16.7. The molecule has 1 heterocycles. The summed E-state index contributed by atoms with van der Waals surface area (Å²) in [6.45, 7) is 8.56. The molecule has 0 saturated carbocycles. The van der Waals surface area contributed by atoms with E-state index in [1.54, 1.807) is 13.0 Å².